The van der Waals surface area contributed by atoms with E-state index >= 15 is 0 Å². The largest absolute Gasteiger partial charge is 0.341 e. The highest BCUT2D eigenvalue weighted by Crippen LogP contribution is 2.27. The molecular formula is C16H23N3O. The molecule has 0 saturated heterocycles. The van der Waals surface area contributed by atoms with Crippen LogP contribution >= 0.6 is 0 Å². The van der Waals surface area contributed by atoms with Crippen molar-refractivity contribution in [1.82, 2.24) is 10.1 Å². The normalized spacial score (nSPS) is 11.7. The standard InChI is InChI=1S/C16H23N3O/c1-10-7-12(16(3,4)5)8-11(2)13(10)9-14-18-15(17-6)20-19-14/h7-8H,9H2,1-6H3,(H,17,18,19). The van der Waals surface area contributed by atoms with Crippen molar-refractivity contribution in [3.05, 3.63) is 40.2 Å². The first-order valence-electron chi connectivity index (χ1n) is 6.92. The highest BCUT2D eigenvalue weighted by molar-refractivity contribution is 5.41. The zero-order chi connectivity index (χ0) is 14.9. The van der Waals surface area contributed by atoms with Gasteiger partial charge in [-0.1, -0.05) is 38.1 Å². The van der Waals surface area contributed by atoms with Crippen molar-refractivity contribution < 1.29 is 4.52 Å². The van der Waals surface area contributed by atoms with E-state index in [1.54, 1.807) is 7.05 Å². The van der Waals surface area contributed by atoms with Crippen LogP contribution in [0.15, 0.2) is 16.7 Å². The Morgan fingerprint density at radius 3 is 2.20 bits per heavy atom. The number of hydrogen-bond acceptors (Lipinski definition) is 4. The molecule has 1 heterocycles. The summed E-state index contributed by atoms with van der Waals surface area (Å²) in [5.74, 6) is 0.712. The predicted octanol–water partition coefficient (Wildman–Crippen LogP) is 3.62. The summed E-state index contributed by atoms with van der Waals surface area (Å²) in [5, 5.41) is 6.84. The summed E-state index contributed by atoms with van der Waals surface area (Å²) in [6.45, 7) is 11.0. The van der Waals surface area contributed by atoms with Gasteiger partial charge in [0.15, 0.2) is 5.82 Å². The number of aromatic nitrogens is 2. The molecule has 0 saturated carbocycles. The Labute approximate surface area is 120 Å². The molecule has 1 aromatic carbocycles. The lowest BCUT2D eigenvalue weighted by molar-refractivity contribution is 0.425. The van der Waals surface area contributed by atoms with E-state index in [-0.39, 0.29) is 5.41 Å². The van der Waals surface area contributed by atoms with E-state index in [1.165, 1.54) is 22.3 Å². The maximum Gasteiger partial charge on any atom is 0.321 e. The Hall–Kier alpha value is -1.84. The second kappa shape index (κ2) is 5.27. The Morgan fingerprint density at radius 2 is 1.75 bits per heavy atom. The second-order valence-corrected chi connectivity index (χ2v) is 6.28. The molecule has 20 heavy (non-hydrogen) atoms. The summed E-state index contributed by atoms with van der Waals surface area (Å²) in [5.41, 5.74) is 5.37. The minimum absolute atomic E-state index is 0.166. The Balaban J connectivity index is 2.33. The average molecular weight is 273 g/mol. The molecule has 0 radical (unpaired) electrons. The predicted molar refractivity (Wildman–Crippen MR) is 81.3 cm³/mol. The minimum atomic E-state index is 0.166. The van der Waals surface area contributed by atoms with E-state index in [9.17, 15) is 0 Å². The fraction of sp³-hybridized carbons (Fsp3) is 0.500. The molecule has 0 unspecified atom stereocenters. The first kappa shape index (κ1) is 14.6. The van der Waals surface area contributed by atoms with Crippen LogP contribution in [0, 0.1) is 13.8 Å². The van der Waals surface area contributed by atoms with Crippen LogP contribution in [0.2, 0.25) is 0 Å². The smallest absolute Gasteiger partial charge is 0.321 e. The van der Waals surface area contributed by atoms with Gasteiger partial charge in [-0.2, -0.15) is 4.98 Å². The van der Waals surface area contributed by atoms with E-state index in [4.69, 9.17) is 4.52 Å². The number of nitrogens with one attached hydrogen (secondary N) is 1. The second-order valence-electron chi connectivity index (χ2n) is 6.28. The van der Waals surface area contributed by atoms with Crippen molar-refractivity contribution in [2.24, 2.45) is 0 Å². The molecule has 1 N–H and O–H groups in total. The SMILES string of the molecule is CNc1nc(Cc2c(C)cc(C(C)(C)C)cc2C)no1. The molecule has 0 aliphatic heterocycles. The van der Waals surface area contributed by atoms with Crippen LogP contribution in [0.25, 0.3) is 0 Å². The molecule has 0 atom stereocenters. The van der Waals surface area contributed by atoms with Gasteiger partial charge in [0.25, 0.3) is 0 Å². The molecular weight excluding hydrogens is 250 g/mol. The van der Waals surface area contributed by atoms with Crippen LogP contribution < -0.4 is 5.32 Å². The van der Waals surface area contributed by atoms with Crippen molar-refractivity contribution in [3.8, 4) is 0 Å². The lowest BCUT2D eigenvalue weighted by atomic mass is 9.83. The van der Waals surface area contributed by atoms with E-state index < -0.39 is 0 Å². The zero-order valence-electron chi connectivity index (χ0n) is 13.2. The molecule has 108 valence electrons. The molecule has 0 spiro atoms. The third-order valence-electron chi connectivity index (χ3n) is 3.58. The van der Waals surface area contributed by atoms with Gasteiger partial charge in [-0.15, -0.1) is 0 Å². The molecule has 4 nitrogen and oxygen atoms in total. The highest BCUT2D eigenvalue weighted by atomic mass is 16.5. The Kier molecular flexibility index (Phi) is 3.84. The lowest BCUT2D eigenvalue weighted by Gasteiger charge is -2.22. The number of hydrogen-bond donors (Lipinski definition) is 1. The minimum Gasteiger partial charge on any atom is -0.341 e. The molecule has 0 fully saturated rings. The van der Waals surface area contributed by atoms with Gasteiger partial charge in [-0.3, -0.25) is 0 Å². The van der Waals surface area contributed by atoms with Gasteiger partial charge >= 0.3 is 6.01 Å². The number of rotatable bonds is 3. The Bertz CT molecular complexity index is 585. The maximum atomic E-state index is 5.07. The summed E-state index contributed by atoms with van der Waals surface area (Å²) in [7, 11) is 1.77. The number of nitrogens with zero attached hydrogens (tertiary/aromatic N) is 2. The Morgan fingerprint density at radius 1 is 1.15 bits per heavy atom. The molecule has 1 aromatic heterocycles. The van der Waals surface area contributed by atoms with Crippen LogP contribution in [0.5, 0.6) is 0 Å². The van der Waals surface area contributed by atoms with Crippen molar-refractivity contribution in [3.63, 3.8) is 0 Å². The summed E-state index contributed by atoms with van der Waals surface area (Å²) < 4.78 is 5.07. The summed E-state index contributed by atoms with van der Waals surface area (Å²) >= 11 is 0. The third-order valence-corrected chi connectivity index (χ3v) is 3.58. The molecule has 2 aromatic rings. The number of anilines is 1. The first-order valence-corrected chi connectivity index (χ1v) is 6.92. The fourth-order valence-electron chi connectivity index (χ4n) is 2.29. The number of aryl methyl sites for hydroxylation is 2. The van der Waals surface area contributed by atoms with Crippen LogP contribution in [-0.4, -0.2) is 17.2 Å². The summed E-state index contributed by atoms with van der Waals surface area (Å²) in [6, 6.07) is 4.99. The van der Waals surface area contributed by atoms with Crippen molar-refractivity contribution in [1.29, 1.82) is 0 Å². The summed E-state index contributed by atoms with van der Waals surface area (Å²) in [6.07, 6.45) is 0.702. The summed E-state index contributed by atoms with van der Waals surface area (Å²) in [4.78, 5) is 4.29. The molecule has 2 rings (SSSR count). The monoisotopic (exact) mass is 273 g/mol. The van der Waals surface area contributed by atoms with Gasteiger partial charge in [0, 0.05) is 13.5 Å². The molecule has 0 bridgehead atoms. The van der Waals surface area contributed by atoms with E-state index in [2.05, 4.69) is 62.2 Å². The van der Waals surface area contributed by atoms with Crippen molar-refractivity contribution in [2.75, 3.05) is 12.4 Å². The van der Waals surface area contributed by atoms with Gasteiger partial charge in [0.1, 0.15) is 0 Å². The third kappa shape index (κ3) is 3.00. The van der Waals surface area contributed by atoms with Crippen LogP contribution in [0.3, 0.4) is 0 Å². The highest BCUT2D eigenvalue weighted by Gasteiger charge is 2.17. The number of benzene rings is 1. The van der Waals surface area contributed by atoms with E-state index in [0.717, 1.165) is 0 Å². The topological polar surface area (TPSA) is 51.0 Å². The molecule has 4 heteroatoms. The van der Waals surface area contributed by atoms with Gasteiger partial charge in [-0.25, -0.2) is 0 Å². The van der Waals surface area contributed by atoms with Gasteiger partial charge in [0.2, 0.25) is 0 Å². The van der Waals surface area contributed by atoms with Crippen molar-refractivity contribution >= 4 is 6.01 Å². The van der Waals surface area contributed by atoms with Gasteiger partial charge < -0.3 is 9.84 Å². The van der Waals surface area contributed by atoms with Crippen molar-refractivity contribution in [2.45, 2.75) is 46.5 Å². The van der Waals surface area contributed by atoms with Gasteiger partial charge in [0.05, 0.1) is 0 Å². The molecule has 0 aliphatic rings. The van der Waals surface area contributed by atoms with E-state index in [1.807, 2.05) is 0 Å². The van der Waals surface area contributed by atoms with Crippen LogP contribution in [-0.2, 0) is 11.8 Å². The van der Waals surface area contributed by atoms with Crippen LogP contribution in [0.1, 0.15) is 48.8 Å². The van der Waals surface area contributed by atoms with Gasteiger partial charge in [-0.05, 0) is 41.5 Å². The maximum absolute atomic E-state index is 5.07. The fourth-order valence-corrected chi connectivity index (χ4v) is 2.29. The zero-order valence-corrected chi connectivity index (χ0v) is 13.2. The van der Waals surface area contributed by atoms with Crippen LogP contribution in [0.4, 0.5) is 6.01 Å². The quantitative estimate of drug-likeness (QED) is 0.928. The lowest BCUT2D eigenvalue weighted by Crippen LogP contribution is -2.12. The first-order chi connectivity index (χ1) is 9.31. The molecule has 0 aliphatic carbocycles. The molecule has 0 amide bonds. The van der Waals surface area contributed by atoms with E-state index in [0.29, 0.717) is 18.3 Å². The average Bonchev–Trinajstić information content (AvgIpc) is 2.80.